The zero-order valence-corrected chi connectivity index (χ0v) is 81.6. The predicted octanol–water partition coefficient (Wildman–Crippen LogP) is 38.6. The molecule has 0 spiro atoms. The van der Waals surface area contributed by atoms with E-state index in [1.807, 2.05) is 86.6 Å². The average Bonchev–Trinajstić information content (AvgIpc) is 1.47. The lowest BCUT2D eigenvalue weighted by molar-refractivity contribution is 0.666. The Kier molecular flexibility index (Phi) is 15.3. The van der Waals surface area contributed by atoms with Crippen molar-refractivity contribution in [2.24, 2.45) is 0 Å². The first-order chi connectivity index (χ1) is 69.7. The third kappa shape index (κ3) is 10.1. The Balaban J connectivity index is 0.0000000820. The summed E-state index contributed by atoms with van der Waals surface area (Å²) in [6.07, 6.45) is 5.90. The molecule has 37 rings (SSSR count). The highest BCUT2D eigenvalue weighted by molar-refractivity contribution is 7.30. The van der Waals surface area contributed by atoms with Gasteiger partial charge in [-0.15, -0.1) is 90.7 Å². The number of pyridine rings is 3. The van der Waals surface area contributed by atoms with Crippen molar-refractivity contribution < 1.29 is 0 Å². The number of hydrogen-bond donors (Lipinski definition) is 0. The van der Waals surface area contributed by atoms with Crippen LogP contribution in [0.2, 0.25) is 0 Å². The van der Waals surface area contributed by atoms with Gasteiger partial charge in [0.1, 0.15) is 14.5 Å². The van der Waals surface area contributed by atoms with Crippen molar-refractivity contribution in [1.29, 1.82) is 0 Å². The van der Waals surface area contributed by atoms with Crippen molar-refractivity contribution in [3.8, 4) is 44.8 Å². The lowest BCUT2D eigenvalue weighted by Crippen LogP contribution is -2.15. The molecule has 0 bridgehead atoms. The van der Waals surface area contributed by atoms with Gasteiger partial charge in [0, 0.05) is 204 Å². The number of aromatic nitrogens is 7. The smallest absolute Gasteiger partial charge is 0.126 e. The minimum Gasteiger partial charge on any atom is -0.309 e. The molecule has 1 aliphatic carbocycles. The molecule has 0 fully saturated rings. The molecule has 0 aliphatic heterocycles. The Bertz CT molecular complexity index is 11500. The van der Waals surface area contributed by atoms with Gasteiger partial charge in [-0.25, -0.2) is 15.0 Å². The van der Waals surface area contributed by atoms with Gasteiger partial charge in [0.05, 0.1) is 55.2 Å². The van der Waals surface area contributed by atoms with E-state index in [1.54, 1.807) is 22.7 Å². The summed E-state index contributed by atoms with van der Waals surface area (Å²) in [7, 11) is 0. The molecule has 141 heavy (non-hydrogen) atoms. The van der Waals surface area contributed by atoms with E-state index in [9.17, 15) is 0 Å². The van der Waals surface area contributed by atoms with Crippen LogP contribution in [0.15, 0.2) is 370 Å². The van der Waals surface area contributed by atoms with E-state index in [1.165, 1.54) is 312 Å². The number of benzene rings is 19. The molecule has 1 aliphatic rings. The van der Waals surface area contributed by atoms with Gasteiger partial charge in [-0.3, -0.25) is 0 Å². The first-order valence-electron chi connectivity index (χ1n) is 47.7. The fourth-order valence-corrected chi connectivity index (χ4v) is 34.4. The largest absolute Gasteiger partial charge is 0.309 e. The van der Waals surface area contributed by atoms with Crippen LogP contribution in [-0.2, 0) is 5.41 Å². The highest BCUT2D eigenvalue weighted by atomic mass is 32.1. The van der Waals surface area contributed by atoms with E-state index >= 15 is 0 Å². The van der Waals surface area contributed by atoms with Crippen LogP contribution in [0.3, 0.4) is 0 Å². The zero-order valence-electron chi connectivity index (χ0n) is 75.1. The van der Waals surface area contributed by atoms with Crippen LogP contribution in [-0.4, -0.2) is 32.9 Å². The summed E-state index contributed by atoms with van der Waals surface area (Å²) < 4.78 is 27.6. The van der Waals surface area contributed by atoms with Crippen LogP contribution in [0, 0.1) is 0 Å². The number of rotatable bonds is 4. The van der Waals surface area contributed by atoms with E-state index in [-0.39, 0.29) is 5.41 Å². The molecule has 7 nitrogen and oxygen atoms in total. The summed E-state index contributed by atoms with van der Waals surface area (Å²) in [6.45, 7) is 4.82. The predicted molar refractivity (Wildman–Crippen MR) is 616 cm³/mol. The highest BCUT2D eigenvalue weighted by Gasteiger charge is 2.39. The normalized spacial score (nSPS) is 13.2. The first-order valence-corrected chi connectivity index (χ1v) is 54.3. The standard InChI is InChI=1S/C35H18N2S2.C33H19NS2.C29H14N2S2.C29H16N2S2/c1-2-8-22-20(6-1)21-7-3-4-9-23(21)25-18-19(12-13-24(22)25)37-26-10-5-11-28-31(26)33-29(38-28)14-15-30-34(33)32-27(37)16-17-36-35(32)39-30;1-33(2)19-7-4-3-6-16(19)17-10-12-21-26(31(17)33)18-11-13-25-30-29-24(36-25)15-14-23-28(29)27-20(34(21)32(18)30)8-5-9-22(27)35-23;1-2-4-15(5-3-1)16-6-8-19-18(14-16)17-7-9-23-27-26-21(32-23)10-11-22-25(26)24-20(31(19)28(17)27)12-13-30-29(24)33-22;1-2-5-17(6-3-1)18-9-11-19(12-10-18)31-20-7-4-8-22-25(20)27-23(32-22)13-14-24-28(27)26-21(31)15-16-30-29(26)33-24/h1-18H;3-15H,1-2H3;1-14H;1-16H. The highest BCUT2D eigenvalue weighted by Crippen LogP contribution is 2.60. The zero-order chi connectivity index (χ0) is 91.5. The third-order valence-corrected chi connectivity index (χ3v) is 40.0. The number of hydrogen-bond acceptors (Lipinski definition) is 11. The molecule has 0 unspecified atom stereocenters. The summed E-state index contributed by atoms with van der Waals surface area (Å²) in [5.74, 6) is 0. The lowest BCUT2D eigenvalue weighted by Gasteiger charge is -2.22. The van der Waals surface area contributed by atoms with Gasteiger partial charge in [-0.1, -0.05) is 208 Å². The Morgan fingerprint density at radius 3 is 1.09 bits per heavy atom. The molecular weight excluding hydrogens is 1870 g/mol. The van der Waals surface area contributed by atoms with Crippen LogP contribution < -0.4 is 0 Å². The lowest BCUT2D eigenvalue weighted by atomic mass is 9.80. The molecule has 0 radical (unpaired) electrons. The van der Waals surface area contributed by atoms with E-state index in [0.717, 1.165) is 14.5 Å². The van der Waals surface area contributed by atoms with E-state index in [4.69, 9.17) is 15.0 Å². The maximum Gasteiger partial charge on any atom is 0.126 e. The molecule has 17 heterocycles. The number of thiophene rings is 8. The topological polar surface area (TPSA) is 57.4 Å². The van der Waals surface area contributed by atoms with Crippen molar-refractivity contribution >= 4 is 361 Å². The third-order valence-electron chi connectivity index (χ3n) is 31.2. The Morgan fingerprint density at radius 1 is 0.199 bits per heavy atom. The summed E-state index contributed by atoms with van der Waals surface area (Å²) in [5.41, 5.74) is 25.7. The fourth-order valence-electron chi connectivity index (χ4n) is 25.5. The second-order valence-electron chi connectivity index (χ2n) is 38.4. The van der Waals surface area contributed by atoms with Crippen LogP contribution in [0.5, 0.6) is 0 Å². The van der Waals surface area contributed by atoms with Gasteiger partial charge >= 0.3 is 0 Å². The quantitative estimate of drug-likeness (QED) is 0.165. The molecule has 0 saturated carbocycles. The molecule has 15 heteroatoms. The van der Waals surface area contributed by atoms with Crippen molar-refractivity contribution in [2.45, 2.75) is 19.3 Å². The molecule has 0 amide bonds. The summed E-state index contributed by atoms with van der Waals surface area (Å²) >= 11 is 15.0. The van der Waals surface area contributed by atoms with Crippen LogP contribution in [0.4, 0.5) is 0 Å². The van der Waals surface area contributed by atoms with Gasteiger partial charge in [0.2, 0.25) is 0 Å². The Labute approximate surface area is 832 Å². The maximum atomic E-state index is 4.84. The van der Waals surface area contributed by atoms with Gasteiger partial charge in [-0.05, 0) is 235 Å². The van der Waals surface area contributed by atoms with E-state index < -0.39 is 0 Å². The molecular formula is C126H67N7S8. The summed E-state index contributed by atoms with van der Waals surface area (Å²) in [4.78, 5) is 17.7. The van der Waals surface area contributed by atoms with Crippen molar-refractivity contribution in [2.75, 3.05) is 0 Å². The van der Waals surface area contributed by atoms with E-state index in [0.29, 0.717) is 0 Å². The van der Waals surface area contributed by atoms with Gasteiger partial charge in [0.25, 0.3) is 0 Å². The van der Waals surface area contributed by atoms with Crippen LogP contribution >= 0.6 is 90.7 Å². The SMILES string of the molecule is CC1(C)c2ccccc2-c2ccc3c(c21)c1ccc2sc4ccc5sc6cccc7c6c5c4c2c1n37.c1ccc(-c2ccc(-n3c4cccc5sc6ccc7sc8nccc3c8c7c6c54)cc2)cc1.c1ccc(-c2ccc3c(c2)c2ccc4sc5ccc6sc7nccc8c7c6c5c4c2n38)cc1.c1ccc2c(c1)c1ccccc1c1cc(-n3c4cccc5sc6ccc7sc8nccc3c8c7c6c54)ccc21. The van der Waals surface area contributed by atoms with Crippen molar-refractivity contribution in [3.63, 3.8) is 0 Å². The van der Waals surface area contributed by atoms with Gasteiger partial charge in [0.15, 0.2) is 0 Å². The molecule has 654 valence electrons. The van der Waals surface area contributed by atoms with Crippen molar-refractivity contribution in [3.05, 3.63) is 382 Å². The second kappa shape index (κ2) is 27.9. The molecule has 17 aromatic heterocycles. The summed E-state index contributed by atoms with van der Waals surface area (Å²) in [5, 5.41) is 35.2. The Hall–Kier alpha value is -15.6. The number of fused-ring (bicyclic) bond motifs is 18. The van der Waals surface area contributed by atoms with Crippen molar-refractivity contribution in [1.82, 2.24) is 32.9 Å². The minimum absolute atomic E-state index is 0.0485. The second-order valence-corrected chi connectivity index (χ2v) is 47.0. The monoisotopic (exact) mass is 1930 g/mol. The molecule has 36 aromatic rings. The average molecular weight is 1940 g/mol. The first kappa shape index (κ1) is 77.3. The molecule has 0 atom stereocenters. The Morgan fingerprint density at radius 2 is 0.546 bits per heavy atom. The molecule has 0 N–H and O–H groups in total. The van der Waals surface area contributed by atoms with Crippen LogP contribution in [0.1, 0.15) is 25.0 Å². The van der Waals surface area contributed by atoms with Gasteiger partial charge in [-0.2, -0.15) is 0 Å². The fraction of sp³-hybridized carbons (Fsp3) is 0.0238. The molecule has 0 saturated heterocycles. The van der Waals surface area contributed by atoms with E-state index in [2.05, 4.69) is 384 Å². The van der Waals surface area contributed by atoms with Gasteiger partial charge < -0.3 is 17.9 Å². The maximum absolute atomic E-state index is 4.84. The number of nitrogens with zero attached hydrogens (tertiary/aromatic N) is 7. The minimum atomic E-state index is -0.0485. The molecule has 19 aromatic carbocycles. The van der Waals surface area contributed by atoms with Crippen LogP contribution in [0.25, 0.3) is 316 Å². The summed E-state index contributed by atoms with van der Waals surface area (Å²) in [6, 6.07) is 130.